The Bertz CT molecular complexity index is 551. The molecule has 0 aliphatic heterocycles. The lowest BCUT2D eigenvalue weighted by Gasteiger charge is -2.29. The van der Waals surface area contributed by atoms with Crippen LogP contribution in [-0.4, -0.2) is 24.1 Å². The molecule has 138 valence electrons. The van der Waals surface area contributed by atoms with Crippen LogP contribution >= 0.6 is 0 Å². The summed E-state index contributed by atoms with van der Waals surface area (Å²) in [6.07, 6.45) is 3.75. The summed E-state index contributed by atoms with van der Waals surface area (Å²) in [5, 5.41) is 5.80. The maximum atomic E-state index is 12.6. The molecule has 1 fully saturated rings. The van der Waals surface area contributed by atoms with Gasteiger partial charge in [-0.15, -0.1) is 0 Å². The molecular weight excluding hydrogens is 316 g/mol. The van der Waals surface area contributed by atoms with Gasteiger partial charge in [0.1, 0.15) is 12.6 Å². The van der Waals surface area contributed by atoms with Crippen molar-refractivity contribution in [1.29, 1.82) is 0 Å². The molecule has 0 radical (unpaired) electrons. The highest BCUT2D eigenvalue weighted by atomic mass is 16.5. The van der Waals surface area contributed by atoms with Gasteiger partial charge in [-0.25, -0.2) is 4.79 Å². The molecule has 1 aromatic rings. The third-order valence-electron chi connectivity index (χ3n) is 4.80. The van der Waals surface area contributed by atoms with E-state index in [-0.39, 0.29) is 24.5 Å². The van der Waals surface area contributed by atoms with Crippen LogP contribution in [0, 0.1) is 11.8 Å². The smallest absolute Gasteiger partial charge is 0.408 e. The zero-order valence-electron chi connectivity index (χ0n) is 15.5. The Morgan fingerprint density at radius 3 is 2.36 bits per heavy atom. The van der Waals surface area contributed by atoms with Gasteiger partial charge in [-0.2, -0.15) is 0 Å². The highest BCUT2D eigenvalue weighted by Crippen LogP contribution is 2.23. The van der Waals surface area contributed by atoms with E-state index < -0.39 is 12.1 Å². The third-order valence-corrected chi connectivity index (χ3v) is 4.80. The van der Waals surface area contributed by atoms with Crippen molar-refractivity contribution in [2.24, 2.45) is 11.8 Å². The van der Waals surface area contributed by atoms with E-state index in [1.54, 1.807) is 0 Å². The molecule has 1 unspecified atom stereocenters. The van der Waals surface area contributed by atoms with Crippen LogP contribution in [0.5, 0.6) is 0 Å². The summed E-state index contributed by atoms with van der Waals surface area (Å²) < 4.78 is 5.23. The van der Waals surface area contributed by atoms with Gasteiger partial charge in [-0.05, 0) is 43.1 Å². The lowest BCUT2D eigenvalue weighted by molar-refractivity contribution is -0.125. The van der Waals surface area contributed by atoms with Crippen LogP contribution in [0.25, 0.3) is 0 Å². The van der Waals surface area contributed by atoms with Gasteiger partial charge in [0.15, 0.2) is 0 Å². The number of alkyl carbamates (subject to hydrolysis) is 1. The Kier molecular flexibility index (Phi) is 7.29. The van der Waals surface area contributed by atoms with E-state index >= 15 is 0 Å². The molecule has 2 rings (SSSR count). The van der Waals surface area contributed by atoms with Crippen LogP contribution < -0.4 is 10.6 Å². The second kappa shape index (κ2) is 9.44. The average Bonchev–Trinajstić information content (AvgIpc) is 2.60. The highest BCUT2D eigenvalue weighted by Gasteiger charge is 2.28. The van der Waals surface area contributed by atoms with Crippen molar-refractivity contribution in [3.8, 4) is 0 Å². The van der Waals surface area contributed by atoms with Crippen LogP contribution in [0.3, 0.4) is 0 Å². The van der Waals surface area contributed by atoms with Gasteiger partial charge in [-0.3, -0.25) is 4.79 Å². The lowest BCUT2D eigenvalue weighted by Crippen LogP contribution is -2.52. The fourth-order valence-corrected chi connectivity index (χ4v) is 3.12. The standard InChI is InChI=1S/C20H30N2O3/c1-14(2)18(19(23)21-17-11-9-15(3)10-12-17)22-20(24)25-13-16-7-5-4-6-8-16/h4-8,14-15,17-18H,9-13H2,1-3H3,(H,21,23)(H,22,24). The Balaban J connectivity index is 1.82. The number of amides is 2. The zero-order valence-corrected chi connectivity index (χ0v) is 15.5. The first kappa shape index (κ1) is 19.3. The summed E-state index contributed by atoms with van der Waals surface area (Å²) in [6.45, 7) is 6.29. The number of hydrogen-bond acceptors (Lipinski definition) is 3. The Labute approximate surface area is 150 Å². The summed E-state index contributed by atoms with van der Waals surface area (Å²) in [4.78, 5) is 24.6. The van der Waals surface area contributed by atoms with Gasteiger partial charge in [0.2, 0.25) is 5.91 Å². The maximum absolute atomic E-state index is 12.6. The fraction of sp³-hybridized carbons (Fsp3) is 0.600. The van der Waals surface area contributed by atoms with Gasteiger partial charge in [0, 0.05) is 6.04 Å². The lowest BCUT2D eigenvalue weighted by atomic mass is 9.87. The van der Waals surface area contributed by atoms with Crippen molar-refractivity contribution in [3.05, 3.63) is 35.9 Å². The van der Waals surface area contributed by atoms with E-state index in [0.717, 1.165) is 37.2 Å². The second-order valence-corrected chi connectivity index (χ2v) is 7.39. The average molecular weight is 346 g/mol. The minimum atomic E-state index is -0.581. The van der Waals surface area contributed by atoms with Gasteiger partial charge in [-0.1, -0.05) is 51.1 Å². The van der Waals surface area contributed by atoms with Gasteiger partial charge in [0.05, 0.1) is 0 Å². The normalized spacial score (nSPS) is 21.4. The summed E-state index contributed by atoms with van der Waals surface area (Å²) in [7, 11) is 0. The molecule has 1 atom stereocenters. The molecule has 1 aliphatic carbocycles. The Hall–Kier alpha value is -2.04. The van der Waals surface area contributed by atoms with Crippen LogP contribution in [-0.2, 0) is 16.1 Å². The highest BCUT2D eigenvalue weighted by molar-refractivity contribution is 5.86. The van der Waals surface area contributed by atoms with Crippen molar-refractivity contribution in [1.82, 2.24) is 10.6 Å². The van der Waals surface area contributed by atoms with Gasteiger partial charge < -0.3 is 15.4 Å². The van der Waals surface area contributed by atoms with E-state index in [9.17, 15) is 9.59 Å². The molecule has 2 amide bonds. The van der Waals surface area contributed by atoms with E-state index in [1.165, 1.54) is 0 Å². The van der Waals surface area contributed by atoms with E-state index in [1.807, 2.05) is 44.2 Å². The van der Waals surface area contributed by atoms with Crippen molar-refractivity contribution >= 4 is 12.0 Å². The van der Waals surface area contributed by atoms with Crippen LogP contribution in [0.4, 0.5) is 4.79 Å². The number of nitrogens with one attached hydrogen (secondary N) is 2. The van der Waals surface area contributed by atoms with Crippen LogP contribution in [0.1, 0.15) is 52.0 Å². The topological polar surface area (TPSA) is 67.4 Å². The largest absolute Gasteiger partial charge is 0.445 e. The molecule has 25 heavy (non-hydrogen) atoms. The predicted octanol–water partition coefficient (Wildman–Crippen LogP) is 3.63. The Morgan fingerprint density at radius 1 is 1.12 bits per heavy atom. The van der Waals surface area contributed by atoms with Crippen molar-refractivity contribution in [3.63, 3.8) is 0 Å². The molecule has 0 saturated heterocycles. The zero-order chi connectivity index (χ0) is 18.2. The first-order valence-corrected chi connectivity index (χ1v) is 9.23. The van der Waals surface area contributed by atoms with Crippen molar-refractivity contribution < 1.29 is 14.3 Å². The molecule has 1 saturated carbocycles. The maximum Gasteiger partial charge on any atom is 0.408 e. The summed E-state index contributed by atoms with van der Waals surface area (Å²) in [5.41, 5.74) is 0.916. The van der Waals surface area contributed by atoms with Gasteiger partial charge >= 0.3 is 6.09 Å². The quantitative estimate of drug-likeness (QED) is 0.826. The summed E-state index contributed by atoms with van der Waals surface area (Å²) >= 11 is 0. The molecule has 1 aliphatic rings. The number of hydrogen-bond donors (Lipinski definition) is 2. The number of ether oxygens (including phenoxy) is 1. The van der Waals surface area contributed by atoms with Gasteiger partial charge in [0.25, 0.3) is 0 Å². The first-order chi connectivity index (χ1) is 12.0. The first-order valence-electron chi connectivity index (χ1n) is 9.23. The molecule has 0 spiro atoms. The van der Waals surface area contributed by atoms with Crippen molar-refractivity contribution in [2.75, 3.05) is 0 Å². The minimum Gasteiger partial charge on any atom is -0.445 e. The monoisotopic (exact) mass is 346 g/mol. The van der Waals surface area contributed by atoms with E-state index in [0.29, 0.717) is 0 Å². The molecule has 5 heteroatoms. The number of carbonyl (C=O) groups is 2. The Morgan fingerprint density at radius 2 is 1.76 bits per heavy atom. The number of carbonyl (C=O) groups excluding carboxylic acids is 2. The minimum absolute atomic E-state index is 0.00760. The third kappa shape index (κ3) is 6.40. The second-order valence-electron chi connectivity index (χ2n) is 7.39. The van der Waals surface area contributed by atoms with Crippen LogP contribution in [0.2, 0.25) is 0 Å². The molecule has 1 aromatic carbocycles. The summed E-state index contributed by atoms with van der Waals surface area (Å²) in [5.74, 6) is 0.609. The fourth-order valence-electron chi connectivity index (χ4n) is 3.12. The van der Waals surface area contributed by atoms with E-state index in [4.69, 9.17) is 4.74 Å². The molecule has 0 aromatic heterocycles. The van der Waals surface area contributed by atoms with E-state index in [2.05, 4.69) is 17.6 Å². The molecular formula is C20H30N2O3. The summed E-state index contributed by atoms with van der Waals surface area (Å²) in [6, 6.07) is 9.12. The molecule has 5 nitrogen and oxygen atoms in total. The molecule has 0 bridgehead atoms. The number of rotatable bonds is 6. The van der Waals surface area contributed by atoms with Crippen LogP contribution in [0.15, 0.2) is 30.3 Å². The molecule has 2 N–H and O–H groups in total. The number of benzene rings is 1. The van der Waals surface area contributed by atoms with Crippen molar-refractivity contribution in [2.45, 2.75) is 65.1 Å². The SMILES string of the molecule is CC1CCC(NC(=O)C(NC(=O)OCc2ccccc2)C(C)C)CC1. The predicted molar refractivity (Wildman–Crippen MR) is 98.0 cm³/mol. The molecule has 0 heterocycles.